The average Bonchev–Trinajstić information content (AvgIpc) is 2.44. The van der Waals surface area contributed by atoms with Gasteiger partial charge in [0.2, 0.25) is 0 Å². The van der Waals surface area contributed by atoms with Crippen LogP contribution in [0.3, 0.4) is 0 Å². The molecular formula is C15H12F3IO2. The fourth-order valence-corrected chi connectivity index (χ4v) is 2.07. The normalized spacial score (nSPS) is 11.2. The van der Waals surface area contributed by atoms with Gasteiger partial charge in [-0.25, -0.2) is 0 Å². The smallest absolute Gasteiger partial charge is 0.422 e. The van der Waals surface area contributed by atoms with Gasteiger partial charge >= 0.3 is 6.18 Å². The minimum atomic E-state index is -4.38. The van der Waals surface area contributed by atoms with Crippen LogP contribution in [0.2, 0.25) is 0 Å². The van der Waals surface area contributed by atoms with Crippen molar-refractivity contribution < 1.29 is 22.6 Å². The summed E-state index contributed by atoms with van der Waals surface area (Å²) in [7, 11) is 0. The van der Waals surface area contributed by atoms with Gasteiger partial charge in [-0.2, -0.15) is 13.2 Å². The van der Waals surface area contributed by atoms with Crippen LogP contribution in [-0.2, 0) is 6.61 Å². The lowest BCUT2D eigenvalue weighted by molar-refractivity contribution is -0.153. The maximum Gasteiger partial charge on any atom is 0.422 e. The summed E-state index contributed by atoms with van der Waals surface area (Å²) in [5.74, 6) is 0.388. The Hall–Kier alpha value is -1.44. The number of alkyl halides is 3. The van der Waals surface area contributed by atoms with E-state index >= 15 is 0 Å². The predicted molar refractivity (Wildman–Crippen MR) is 81.5 cm³/mol. The molecule has 0 amide bonds. The molecule has 0 spiro atoms. The van der Waals surface area contributed by atoms with Crippen molar-refractivity contribution in [2.75, 3.05) is 6.61 Å². The lowest BCUT2D eigenvalue weighted by Crippen LogP contribution is -2.19. The van der Waals surface area contributed by atoms with Crippen molar-refractivity contribution in [3.63, 3.8) is 0 Å². The van der Waals surface area contributed by atoms with Crippen LogP contribution in [0, 0.1) is 3.57 Å². The molecule has 2 rings (SSSR count). The van der Waals surface area contributed by atoms with Crippen molar-refractivity contribution in [3.8, 4) is 11.5 Å². The van der Waals surface area contributed by atoms with E-state index in [-0.39, 0.29) is 12.4 Å². The van der Waals surface area contributed by atoms with Gasteiger partial charge in [0.25, 0.3) is 0 Å². The molecule has 0 aliphatic rings. The van der Waals surface area contributed by atoms with Gasteiger partial charge in [-0.1, -0.05) is 30.3 Å². The zero-order valence-electron chi connectivity index (χ0n) is 10.9. The van der Waals surface area contributed by atoms with E-state index in [2.05, 4.69) is 22.6 Å². The molecule has 2 aromatic carbocycles. The summed E-state index contributed by atoms with van der Waals surface area (Å²) in [5, 5.41) is 0. The summed E-state index contributed by atoms with van der Waals surface area (Å²) in [5.41, 5.74) is 0.929. The van der Waals surface area contributed by atoms with Crippen LogP contribution in [0.15, 0.2) is 48.5 Å². The maximum absolute atomic E-state index is 12.2. The van der Waals surface area contributed by atoms with Crippen molar-refractivity contribution in [1.29, 1.82) is 0 Å². The van der Waals surface area contributed by atoms with Crippen LogP contribution in [0.25, 0.3) is 0 Å². The van der Waals surface area contributed by atoms with Gasteiger partial charge in [-0.15, -0.1) is 0 Å². The zero-order valence-corrected chi connectivity index (χ0v) is 13.0. The summed E-state index contributed by atoms with van der Waals surface area (Å²) >= 11 is 2.06. The van der Waals surface area contributed by atoms with Gasteiger partial charge < -0.3 is 9.47 Å². The zero-order chi connectivity index (χ0) is 15.3. The molecule has 6 heteroatoms. The van der Waals surface area contributed by atoms with Gasteiger partial charge in [0.05, 0.1) is 0 Å². The maximum atomic E-state index is 12.2. The Morgan fingerprint density at radius 3 is 2.29 bits per heavy atom. The fraction of sp³-hybridized carbons (Fsp3) is 0.200. The van der Waals surface area contributed by atoms with E-state index in [1.807, 2.05) is 30.3 Å². The first-order chi connectivity index (χ1) is 9.94. The van der Waals surface area contributed by atoms with Gasteiger partial charge in [0, 0.05) is 3.57 Å². The third-order valence-corrected chi connectivity index (χ3v) is 3.21. The predicted octanol–water partition coefficient (Wildman–Crippen LogP) is 4.81. The van der Waals surface area contributed by atoms with Gasteiger partial charge in [0.15, 0.2) is 18.1 Å². The molecular weight excluding hydrogens is 396 g/mol. The molecule has 0 unspecified atom stereocenters. The first-order valence-electron chi connectivity index (χ1n) is 6.10. The van der Waals surface area contributed by atoms with E-state index < -0.39 is 12.8 Å². The molecule has 0 saturated carbocycles. The quantitative estimate of drug-likeness (QED) is 0.662. The molecule has 0 saturated heterocycles. The fourth-order valence-electron chi connectivity index (χ4n) is 1.61. The molecule has 0 fully saturated rings. The largest absolute Gasteiger partial charge is 0.485 e. The molecule has 0 atom stereocenters. The summed E-state index contributed by atoms with van der Waals surface area (Å²) in [6.07, 6.45) is -4.38. The van der Waals surface area contributed by atoms with Gasteiger partial charge in [0.1, 0.15) is 6.61 Å². The van der Waals surface area contributed by atoms with Crippen LogP contribution < -0.4 is 9.47 Å². The highest BCUT2D eigenvalue weighted by atomic mass is 127. The van der Waals surface area contributed by atoms with Gasteiger partial charge in [-0.05, 0) is 46.4 Å². The molecule has 0 aliphatic carbocycles. The topological polar surface area (TPSA) is 18.5 Å². The Bertz CT molecular complexity index is 585. The third kappa shape index (κ3) is 5.45. The van der Waals surface area contributed by atoms with Crippen LogP contribution in [0.5, 0.6) is 11.5 Å². The SMILES string of the molecule is FC(F)(F)COc1ccc(I)cc1OCc1ccccc1. The van der Waals surface area contributed by atoms with E-state index in [0.29, 0.717) is 5.75 Å². The molecule has 0 bridgehead atoms. The highest BCUT2D eigenvalue weighted by Gasteiger charge is 2.29. The Kier molecular flexibility index (Phi) is 5.33. The van der Waals surface area contributed by atoms with E-state index in [4.69, 9.17) is 9.47 Å². The number of halogens is 4. The second-order valence-corrected chi connectivity index (χ2v) is 5.51. The lowest BCUT2D eigenvalue weighted by atomic mass is 10.2. The second-order valence-electron chi connectivity index (χ2n) is 4.27. The number of benzene rings is 2. The van der Waals surface area contributed by atoms with Gasteiger partial charge in [-0.3, -0.25) is 0 Å². The van der Waals surface area contributed by atoms with E-state index in [1.165, 1.54) is 6.07 Å². The second kappa shape index (κ2) is 7.02. The Labute approximate surface area is 134 Å². The highest BCUT2D eigenvalue weighted by Crippen LogP contribution is 2.31. The minimum Gasteiger partial charge on any atom is -0.485 e. The van der Waals surface area contributed by atoms with Crippen molar-refractivity contribution in [2.24, 2.45) is 0 Å². The molecule has 2 aromatic rings. The van der Waals surface area contributed by atoms with Crippen molar-refractivity contribution in [2.45, 2.75) is 12.8 Å². The van der Waals surface area contributed by atoms with E-state index in [1.54, 1.807) is 12.1 Å². The summed E-state index contributed by atoms with van der Waals surface area (Å²) in [6.45, 7) is -1.07. The number of ether oxygens (including phenoxy) is 2. The molecule has 0 radical (unpaired) electrons. The average molecular weight is 408 g/mol. The highest BCUT2D eigenvalue weighted by molar-refractivity contribution is 14.1. The van der Waals surface area contributed by atoms with E-state index in [9.17, 15) is 13.2 Å². The first kappa shape index (κ1) is 15.9. The number of hydrogen-bond acceptors (Lipinski definition) is 2. The van der Waals surface area contributed by atoms with Crippen LogP contribution >= 0.6 is 22.6 Å². The van der Waals surface area contributed by atoms with Crippen LogP contribution in [-0.4, -0.2) is 12.8 Å². The standard InChI is InChI=1S/C15H12F3IO2/c16-15(17,18)10-21-13-7-6-12(19)8-14(13)20-9-11-4-2-1-3-5-11/h1-8H,9-10H2. The third-order valence-electron chi connectivity index (χ3n) is 2.53. The van der Waals surface area contributed by atoms with Crippen LogP contribution in [0.1, 0.15) is 5.56 Å². The Balaban J connectivity index is 2.08. The number of rotatable bonds is 5. The minimum absolute atomic E-state index is 0.0867. The lowest BCUT2D eigenvalue weighted by Gasteiger charge is -2.14. The molecule has 2 nitrogen and oxygen atoms in total. The molecule has 0 heterocycles. The summed E-state index contributed by atoms with van der Waals surface area (Å²) < 4.78 is 47.9. The van der Waals surface area contributed by atoms with E-state index in [0.717, 1.165) is 9.13 Å². The molecule has 0 aliphatic heterocycles. The first-order valence-corrected chi connectivity index (χ1v) is 7.18. The van der Waals surface area contributed by atoms with Crippen molar-refractivity contribution in [1.82, 2.24) is 0 Å². The Morgan fingerprint density at radius 2 is 1.62 bits per heavy atom. The summed E-state index contributed by atoms with van der Waals surface area (Å²) in [6, 6.07) is 14.2. The Morgan fingerprint density at radius 1 is 0.905 bits per heavy atom. The number of hydrogen-bond donors (Lipinski definition) is 0. The molecule has 0 N–H and O–H groups in total. The molecule has 0 aromatic heterocycles. The molecule has 112 valence electrons. The van der Waals surface area contributed by atoms with Crippen molar-refractivity contribution >= 4 is 22.6 Å². The van der Waals surface area contributed by atoms with Crippen molar-refractivity contribution in [3.05, 3.63) is 57.7 Å². The molecule has 21 heavy (non-hydrogen) atoms. The monoisotopic (exact) mass is 408 g/mol. The summed E-state index contributed by atoms with van der Waals surface area (Å²) in [4.78, 5) is 0. The van der Waals surface area contributed by atoms with Crippen LogP contribution in [0.4, 0.5) is 13.2 Å².